The second kappa shape index (κ2) is 8.34. The monoisotopic (exact) mass is 334 g/mol. The second-order valence-corrected chi connectivity index (χ2v) is 6.52. The summed E-state index contributed by atoms with van der Waals surface area (Å²) < 4.78 is 22.4. The van der Waals surface area contributed by atoms with Gasteiger partial charge in [-0.2, -0.15) is 5.26 Å². The molecule has 1 fully saturated rings. The normalized spacial score (nSPS) is 20.4. The fraction of sp³-hybridized carbons (Fsp3) is 0.611. The maximum atomic E-state index is 8.94. The zero-order valence-corrected chi connectivity index (χ0v) is 14.9. The molecule has 1 saturated heterocycles. The quantitative estimate of drug-likeness (QED) is 0.761. The Hall–Kier alpha value is -1.81. The van der Waals surface area contributed by atoms with Crippen LogP contribution in [-0.2, 0) is 9.47 Å². The molecule has 132 valence electrons. The average Bonchev–Trinajstić information content (AvgIpc) is 2.54. The zero-order chi connectivity index (χ0) is 17.6. The van der Waals surface area contributed by atoms with Crippen LogP contribution in [0.4, 0.5) is 0 Å². The van der Waals surface area contributed by atoms with Crippen molar-refractivity contribution in [3.63, 3.8) is 0 Å². The summed E-state index contributed by atoms with van der Waals surface area (Å²) in [7, 11) is 3.26. The van der Waals surface area contributed by atoms with Crippen molar-refractivity contribution in [3.8, 4) is 17.6 Å². The largest absolute Gasteiger partial charge is 0.493 e. The Morgan fingerprint density at radius 3 is 2.79 bits per heavy atom. The van der Waals surface area contributed by atoms with E-state index in [0.29, 0.717) is 30.3 Å². The molecule has 0 saturated carbocycles. The lowest BCUT2D eigenvalue weighted by Crippen LogP contribution is -2.54. The Labute approximate surface area is 143 Å². The first-order valence-corrected chi connectivity index (χ1v) is 8.07. The van der Waals surface area contributed by atoms with Gasteiger partial charge in [-0.25, -0.2) is 0 Å². The van der Waals surface area contributed by atoms with Crippen molar-refractivity contribution >= 4 is 0 Å². The Morgan fingerprint density at radius 2 is 2.12 bits per heavy atom. The van der Waals surface area contributed by atoms with Crippen LogP contribution in [0.2, 0.25) is 0 Å². The second-order valence-electron chi connectivity index (χ2n) is 6.52. The van der Waals surface area contributed by atoms with Gasteiger partial charge in [0.1, 0.15) is 6.61 Å². The lowest BCUT2D eigenvalue weighted by molar-refractivity contribution is -0.153. The van der Waals surface area contributed by atoms with Gasteiger partial charge in [0.25, 0.3) is 0 Å². The Kier molecular flexibility index (Phi) is 6.44. The number of morpholine rings is 1. The van der Waals surface area contributed by atoms with E-state index in [-0.39, 0.29) is 11.7 Å². The van der Waals surface area contributed by atoms with Crippen LogP contribution < -0.4 is 9.47 Å². The first-order valence-electron chi connectivity index (χ1n) is 8.07. The van der Waals surface area contributed by atoms with Crippen molar-refractivity contribution in [2.24, 2.45) is 0 Å². The highest BCUT2D eigenvalue weighted by Gasteiger charge is 2.33. The number of hydrogen-bond donors (Lipinski definition) is 0. The van der Waals surface area contributed by atoms with E-state index < -0.39 is 0 Å². The first kappa shape index (κ1) is 18.5. The van der Waals surface area contributed by atoms with Gasteiger partial charge in [-0.15, -0.1) is 0 Å². The van der Waals surface area contributed by atoms with Gasteiger partial charge < -0.3 is 18.9 Å². The summed E-state index contributed by atoms with van der Waals surface area (Å²) in [5.74, 6) is 1.23. The van der Waals surface area contributed by atoms with Crippen LogP contribution in [-0.4, -0.2) is 63.7 Å². The van der Waals surface area contributed by atoms with E-state index in [1.54, 1.807) is 32.4 Å². The molecular weight excluding hydrogens is 308 g/mol. The van der Waals surface area contributed by atoms with E-state index >= 15 is 0 Å². The molecule has 0 unspecified atom stereocenters. The fourth-order valence-corrected chi connectivity index (χ4v) is 3.00. The lowest BCUT2D eigenvalue weighted by atomic mass is 10.1. The number of benzene rings is 1. The van der Waals surface area contributed by atoms with E-state index in [9.17, 15) is 0 Å². The third-order valence-electron chi connectivity index (χ3n) is 3.86. The van der Waals surface area contributed by atoms with Crippen LogP contribution in [0.15, 0.2) is 18.2 Å². The number of ether oxygens (including phenoxy) is 4. The molecule has 6 heteroatoms. The Bertz CT molecular complexity index is 583. The number of methoxy groups -OCH3 is 2. The molecule has 6 nitrogen and oxygen atoms in total. The van der Waals surface area contributed by atoms with Gasteiger partial charge in [0.2, 0.25) is 0 Å². The van der Waals surface area contributed by atoms with Gasteiger partial charge in [-0.1, -0.05) is 0 Å². The molecule has 1 aromatic rings. The molecule has 0 aliphatic carbocycles. The summed E-state index contributed by atoms with van der Waals surface area (Å²) in [6.07, 6.45) is 0.0724. The Balaban J connectivity index is 1.90. The van der Waals surface area contributed by atoms with Crippen molar-refractivity contribution in [1.82, 2.24) is 4.90 Å². The molecular formula is C18H26N2O4. The van der Waals surface area contributed by atoms with E-state index in [1.165, 1.54) is 0 Å². The highest BCUT2D eigenvalue weighted by Crippen LogP contribution is 2.28. The first-order chi connectivity index (χ1) is 11.5. The fourth-order valence-electron chi connectivity index (χ4n) is 3.00. The van der Waals surface area contributed by atoms with Gasteiger partial charge in [-0.3, -0.25) is 4.90 Å². The average molecular weight is 334 g/mol. The number of nitriles is 1. The van der Waals surface area contributed by atoms with Crippen molar-refractivity contribution in [1.29, 1.82) is 5.26 Å². The third-order valence-corrected chi connectivity index (χ3v) is 3.86. The van der Waals surface area contributed by atoms with Crippen LogP contribution in [0.3, 0.4) is 0 Å². The van der Waals surface area contributed by atoms with Gasteiger partial charge in [0.15, 0.2) is 11.5 Å². The molecule has 0 aromatic heterocycles. The summed E-state index contributed by atoms with van der Waals surface area (Å²) in [5, 5.41) is 8.94. The molecule has 1 aromatic carbocycles. The minimum absolute atomic E-state index is 0.0724. The molecule has 2 rings (SSSR count). The molecule has 0 radical (unpaired) electrons. The predicted molar refractivity (Wildman–Crippen MR) is 90.5 cm³/mol. The van der Waals surface area contributed by atoms with Crippen LogP contribution in [0.1, 0.15) is 19.4 Å². The maximum absolute atomic E-state index is 8.94. The summed E-state index contributed by atoms with van der Waals surface area (Å²) in [6.45, 7) is 7.77. The van der Waals surface area contributed by atoms with Crippen molar-refractivity contribution in [3.05, 3.63) is 23.8 Å². The minimum atomic E-state index is -0.201. The highest BCUT2D eigenvalue weighted by atomic mass is 16.5. The van der Waals surface area contributed by atoms with Gasteiger partial charge in [0.05, 0.1) is 37.1 Å². The molecule has 1 atom stereocenters. The van der Waals surface area contributed by atoms with Crippen LogP contribution in [0, 0.1) is 11.3 Å². The van der Waals surface area contributed by atoms with Crippen LogP contribution >= 0.6 is 0 Å². The molecule has 0 bridgehead atoms. The van der Waals surface area contributed by atoms with Crippen molar-refractivity contribution in [2.75, 3.05) is 47.1 Å². The summed E-state index contributed by atoms with van der Waals surface area (Å²) in [5.41, 5.74) is 0.352. The topological polar surface area (TPSA) is 64.0 Å². The predicted octanol–water partition coefficient (Wildman–Crippen LogP) is 2.07. The molecule has 24 heavy (non-hydrogen) atoms. The standard InChI is InChI=1S/C18H26N2O4/c1-18(2)13-20(11-15(24-18)12-21-3)7-8-23-16-6-5-14(10-19)9-17(16)22-4/h5-6,9,15H,7-8,11-13H2,1-4H3/t15-/m0/s1. The molecule has 1 aliphatic heterocycles. The SMILES string of the molecule is COC[C@@H]1CN(CCOc2ccc(C#N)cc2OC)CC(C)(C)O1. The minimum Gasteiger partial charge on any atom is -0.493 e. The van der Waals surface area contributed by atoms with E-state index in [0.717, 1.165) is 19.6 Å². The molecule has 0 spiro atoms. The number of rotatable bonds is 7. The summed E-state index contributed by atoms with van der Waals surface area (Å²) in [6, 6.07) is 7.27. The van der Waals surface area contributed by atoms with E-state index in [2.05, 4.69) is 24.8 Å². The molecule has 0 amide bonds. The number of nitrogens with zero attached hydrogens (tertiary/aromatic N) is 2. The van der Waals surface area contributed by atoms with E-state index in [1.807, 2.05) is 0 Å². The molecule has 0 N–H and O–H groups in total. The number of hydrogen-bond acceptors (Lipinski definition) is 6. The highest BCUT2D eigenvalue weighted by molar-refractivity contribution is 5.46. The zero-order valence-electron chi connectivity index (χ0n) is 14.9. The molecule has 1 aliphatic rings. The van der Waals surface area contributed by atoms with Gasteiger partial charge in [0, 0.05) is 32.8 Å². The van der Waals surface area contributed by atoms with Crippen LogP contribution in [0.25, 0.3) is 0 Å². The maximum Gasteiger partial charge on any atom is 0.162 e. The third kappa shape index (κ3) is 5.10. The van der Waals surface area contributed by atoms with E-state index in [4.69, 9.17) is 24.2 Å². The smallest absolute Gasteiger partial charge is 0.162 e. The Morgan fingerprint density at radius 1 is 1.33 bits per heavy atom. The van der Waals surface area contributed by atoms with Crippen LogP contribution in [0.5, 0.6) is 11.5 Å². The summed E-state index contributed by atoms with van der Waals surface area (Å²) >= 11 is 0. The summed E-state index contributed by atoms with van der Waals surface area (Å²) in [4.78, 5) is 2.32. The van der Waals surface area contributed by atoms with Gasteiger partial charge in [-0.05, 0) is 26.0 Å². The molecule has 1 heterocycles. The lowest BCUT2D eigenvalue weighted by Gasteiger charge is -2.42. The van der Waals surface area contributed by atoms with Crippen molar-refractivity contribution in [2.45, 2.75) is 25.6 Å². The van der Waals surface area contributed by atoms with Crippen molar-refractivity contribution < 1.29 is 18.9 Å². The van der Waals surface area contributed by atoms with Gasteiger partial charge >= 0.3 is 0 Å².